The maximum atomic E-state index is 14.8. The van der Waals surface area contributed by atoms with Crippen LogP contribution in [0.4, 0.5) is 10.2 Å². The van der Waals surface area contributed by atoms with Gasteiger partial charge in [0.25, 0.3) is 5.56 Å². The van der Waals surface area contributed by atoms with E-state index < -0.39 is 11.1 Å². The van der Waals surface area contributed by atoms with Gasteiger partial charge in [-0.15, -0.1) is 11.8 Å². The number of anilines is 1. The second-order valence-electron chi connectivity index (χ2n) is 7.95. The Morgan fingerprint density at radius 3 is 2.83 bits per heavy atom. The summed E-state index contributed by atoms with van der Waals surface area (Å²) < 4.78 is 27.4. The number of halogens is 1. The molecule has 4 rings (SSSR count). The van der Waals surface area contributed by atoms with Crippen LogP contribution in [0.5, 0.6) is 5.75 Å². The van der Waals surface area contributed by atoms with Crippen molar-refractivity contribution in [2.45, 2.75) is 43.6 Å². The van der Waals surface area contributed by atoms with Gasteiger partial charge in [-0.1, -0.05) is 6.07 Å². The maximum absolute atomic E-state index is 14.8. The van der Waals surface area contributed by atoms with Crippen molar-refractivity contribution < 1.29 is 18.7 Å². The van der Waals surface area contributed by atoms with Crippen LogP contribution in [-0.2, 0) is 9.53 Å². The summed E-state index contributed by atoms with van der Waals surface area (Å²) in [6, 6.07) is 4.53. The van der Waals surface area contributed by atoms with Crippen LogP contribution in [0.3, 0.4) is 0 Å². The highest BCUT2D eigenvalue weighted by molar-refractivity contribution is 8.00. The molecule has 2 aromatic rings. The van der Waals surface area contributed by atoms with Crippen LogP contribution >= 0.6 is 11.8 Å². The Bertz CT molecular complexity index is 1000. The predicted octanol–water partition coefficient (Wildman–Crippen LogP) is 3.23. The van der Waals surface area contributed by atoms with Gasteiger partial charge in [0.05, 0.1) is 35.3 Å². The normalized spacial score (nSPS) is 23.8. The molecule has 2 atom stereocenters. The molecule has 0 bridgehead atoms. The molecule has 0 saturated carbocycles. The molecule has 2 aliphatic rings. The average molecular weight is 421 g/mol. The van der Waals surface area contributed by atoms with Crippen molar-refractivity contribution in [2.24, 2.45) is 0 Å². The number of thioether (sulfide) groups is 1. The minimum absolute atomic E-state index is 0.0278. The van der Waals surface area contributed by atoms with Crippen molar-refractivity contribution in [3.05, 3.63) is 45.5 Å². The minimum atomic E-state index is -0.604. The summed E-state index contributed by atoms with van der Waals surface area (Å²) in [7, 11) is 1.47. The molecule has 7 nitrogen and oxygen atoms in total. The fourth-order valence-corrected chi connectivity index (χ4v) is 5.18. The average Bonchev–Trinajstić information content (AvgIpc) is 2.87. The fourth-order valence-electron chi connectivity index (χ4n) is 4.03. The number of nitrogens with one attached hydrogen (secondary N) is 2. The van der Waals surface area contributed by atoms with Crippen molar-refractivity contribution in [3.63, 3.8) is 0 Å². The number of benzene rings is 1. The number of H-pyrrole nitrogens is 1. The largest absolute Gasteiger partial charge is 0.497 e. The SMILES string of the molecule is COc1ccc([C@@H]2SCC(=O)Nc3c2c(=O)[nH]n3[C@H]2CCOC(C)(C)C2)c(F)c1. The highest BCUT2D eigenvalue weighted by Gasteiger charge is 2.36. The number of ether oxygens (including phenoxy) is 2. The lowest BCUT2D eigenvalue weighted by atomic mass is 9.94. The van der Waals surface area contributed by atoms with E-state index in [4.69, 9.17) is 9.47 Å². The van der Waals surface area contributed by atoms with E-state index in [-0.39, 0.29) is 28.9 Å². The van der Waals surface area contributed by atoms with E-state index in [2.05, 4.69) is 10.4 Å². The summed E-state index contributed by atoms with van der Waals surface area (Å²) >= 11 is 1.24. The number of rotatable bonds is 3. The Hall–Kier alpha value is -2.26. The molecule has 2 aliphatic heterocycles. The third kappa shape index (κ3) is 3.81. The van der Waals surface area contributed by atoms with E-state index in [1.807, 2.05) is 13.8 Å². The predicted molar refractivity (Wildman–Crippen MR) is 109 cm³/mol. The lowest BCUT2D eigenvalue weighted by Gasteiger charge is -2.36. The summed E-state index contributed by atoms with van der Waals surface area (Å²) in [4.78, 5) is 25.3. The summed E-state index contributed by atoms with van der Waals surface area (Å²) in [6.45, 7) is 4.57. The van der Waals surface area contributed by atoms with Gasteiger partial charge >= 0.3 is 0 Å². The zero-order valence-electron chi connectivity index (χ0n) is 16.6. The van der Waals surface area contributed by atoms with Crippen molar-refractivity contribution in [1.29, 1.82) is 0 Å². The van der Waals surface area contributed by atoms with Crippen molar-refractivity contribution in [2.75, 3.05) is 24.8 Å². The standard InChI is InChI=1S/C20H24FN3O4S/c1-20(2)9-11(6-7-28-20)24-18-16(19(26)23-24)17(29-10-15(25)22-18)13-5-4-12(27-3)8-14(13)21/h4-5,8,11,17H,6-7,9-10H2,1-3H3,(H,22,25)(H,23,26)/t11-,17-/m0/s1. The van der Waals surface area contributed by atoms with E-state index in [9.17, 15) is 14.0 Å². The molecule has 156 valence electrons. The Labute approximate surface area is 171 Å². The Balaban J connectivity index is 1.81. The molecule has 1 saturated heterocycles. The molecule has 1 aromatic heterocycles. The van der Waals surface area contributed by atoms with Gasteiger partial charge in [0.1, 0.15) is 17.4 Å². The van der Waals surface area contributed by atoms with Crippen LogP contribution in [0.15, 0.2) is 23.0 Å². The first-order chi connectivity index (χ1) is 13.8. The number of fused-ring (bicyclic) bond motifs is 1. The molecule has 1 fully saturated rings. The van der Waals surface area contributed by atoms with Gasteiger partial charge < -0.3 is 14.8 Å². The van der Waals surface area contributed by atoms with Gasteiger partial charge in [0.2, 0.25) is 5.91 Å². The monoisotopic (exact) mass is 421 g/mol. The van der Waals surface area contributed by atoms with E-state index >= 15 is 0 Å². The Morgan fingerprint density at radius 2 is 2.14 bits per heavy atom. The van der Waals surface area contributed by atoms with Crippen LogP contribution in [0.25, 0.3) is 0 Å². The molecule has 3 heterocycles. The second-order valence-corrected chi connectivity index (χ2v) is 9.05. The van der Waals surface area contributed by atoms with Gasteiger partial charge in [-0.2, -0.15) is 0 Å². The highest BCUT2D eigenvalue weighted by Crippen LogP contribution is 2.43. The lowest BCUT2D eigenvalue weighted by molar-refractivity contribution is -0.113. The topological polar surface area (TPSA) is 85.4 Å². The first-order valence-corrected chi connectivity index (χ1v) is 10.6. The molecular formula is C20H24FN3O4S. The van der Waals surface area contributed by atoms with Gasteiger partial charge in [-0.05, 0) is 32.8 Å². The number of hydrogen-bond acceptors (Lipinski definition) is 5. The summed E-state index contributed by atoms with van der Waals surface area (Å²) in [5.41, 5.74) is 0.0691. The number of aromatic amines is 1. The van der Waals surface area contributed by atoms with Crippen LogP contribution in [0, 0.1) is 5.82 Å². The molecule has 0 aliphatic carbocycles. The van der Waals surface area contributed by atoms with Crippen LogP contribution < -0.4 is 15.6 Å². The number of carbonyl (C=O) groups is 1. The minimum Gasteiger partial charge on any atom is -0.497 e. The van der Waals surface area contributed by atoms with Gasteiger partial charge in [-0.3, -0.25) is 19.4 Å². The van der Waals surface area contributed by atoms with E-state index in [0.717, 1.165) is 0 Å². The van der Waals surface area contributed by atoms with Gasteiger partial charge in [0, 0.05) is 18.2 Å². The van der Waals surface area contributed by atoms with Crippen LogP contribution in [0.2, 0.25) is 0 Å². The lowest BCUT2D eigenvalue weighted by Crippen LogP contribution is -2.36. The molecule has 2 N–H and O–H groups in total. The molecule has 0 unspecified atom stereocenters. The first kappa shape index (κ1) is 20.0. The highest BCUT2D eigenvalue weighted by atomic mass is 32.2. The Kier molecular flexibility index (Phi) is 5.20. The van der Waals surface area contributed by atoms with Gasteiger partial charge in [-0.25, -0.2) is 4.39 Å². The fraction of sp³-hybridized carbons (Fsp3) is 0.500. The third-order valence-electron chi connectivity index (χ3n) is 5.39. The third-order valence-corrected chi connectivity index (χ3v) is 6.64. The maximum Gasteiger partial charge on any atom is 0.270 e. The molecular weight excluding hydrogens is 397 g/mol. The molecule has 29 heavy (non-hydrogen) atoms. The van der Waals surface area contributed by atoms with E-state index in [1.54, 1.807) is 16.8 Å². The summed E-state index contributed by atoms with van der Waals surface area (Å²) in [5.74, 6) is 0.264. The summed E-state index contributed by atoms with van der Waals surface area (Å²) in [5, 5.41) is 5.14. The van der Waals surface area contributed by atoms with Crippen molar-refractivity contribution in [3.8, 4) is 5.75 Å². The zero-order chi connectivity index (χ0) is 20.8. The molecule has 1 aromatic carbocycles. The van der Waals surface area contributed by atoms with E-state index in [1.165, 1.54) is 24.9 Å². The molecule has 0 radical (unpaired) electrons. The molecule has 9 heteroatoms. The number of carbonyl (C=O) groups excluding carboxylic acids is 1. The van der Waals surface area contributed by atoms with Crippen molar-refractivity contribution >= 4 is 23.5 Å². The first-order valence-electron chi connectivity index (χ1n) is 9.52. The molecule has 0 spiro atoms. The second kappa shape index (κ2) is 7.53. The smallest absolute Gasteiger partial charge is 0.270 e. The van der Waals surface area contributed by atoms with Crippen LogP contribution in [0.1, 0.15) is 49.1 Å². The molecule has 1 amide bonds. The number of methoxy groups -OCH3 is 1. The van der Waals surface area contributed by atoms with Crippen molar-refractivity contribution in [1.82, 2.24) is 9.78 Å². The van der Waals surface area contributed by atoms with E-state index in [0.29, 0.717) is 42.1 Å². The van der Waals surface area contributed by atoms with Crippen LogP contribution in [-0.4, -0.2) is 40.8 Å². The number of amides is 1. The quantitative estimate of drug-likeness (QED) is 0.795. The number of hydrogen-bond donors (Lipinski definition) is 2. The summed E-state index contributed by atoms with van der Waals surface area (Å²) in [6.07, 6.45) is 1.40. The zero-order valence-corrected chi connectivity index (χ0v) is 17.4. The Morgan fingerprint density at radius 1 is 1.34 bits per heavy atom. The number of nitrogens with zero attached hydrogens (tertiary/aromatic N) is 1. The number of aromatic nitrogens is 2. The van der Waals surface area contributed by atoms with Gasteiger partial charge in [0.15, 0.2) is 0 Å².